The van der Waals surface area contributed by atoms with Crippen molar-refractivity contribution in [1.82, 2.24) is 4.90 Å². The minimum absolute atomic E-state index is 0.0219. The number of halogens is 1. The molecule has 1 N–H and O–H groups in total. The van der Waals surface area contributed by atoms with Crippen molar-refractivity contribution >= 4 is 33.2 Å². The molecule has 0 aromatic carbocycles. The van der Waals surface area contributed by atoms with Crippen molar-refractivity contribution in [2.75, 3.05) is 6.54 Å². The maximum atomic E-state index is 10.7. The molecule has 0 spiro atoms. The predicted octanol–water partition coefficient (Wildman–Crippen LogP) is 3.59. The van der Waals surface area contributed by atoms with Gasteiger partial charge in [-0.25, -0.2) is 0 Å². The van der Waals surface area contributed by atoms with Gasteiger partial charge in [-0.3, -0.25) is 9.69 Å². The van der Waals surface area contributed by atoms with Gasteiger partial charge < -0.3 is 5.11 Å². The third-order valence-electron chi connectivity index (χ3n) is 2.51. The van der Waals surface area contributed by atoms with Crippen LogP contribution in [0.4, 0.5) is 0 Å². The van der Waals surface area contributed by atoms with E-state index in [2.05, 4.69) is 47.7 Å². The van der Waals surface area contributed by atoms with Crippen LogP contribution in [0, 0.1) is 0 Å². The van der Waals surface area contributed by atoms with Crippen LogP contribution in [0.2, 0.25) is 0 Å². The van der Waals surface area contributed by atoms with Gasteiger partial charge in [0.15, 0.2) is 0 Å². The first-order valence-electron chi connectivity index (χ1n) is 5.49. The van der Waals surface area contributed by atoms with Crippen LogP contribution in [-0.4, -0.2) is 28.1 Å². The van der Waals surface area contributed by atoms with Crippen LogP contribution in [0.25, 0.3) is 0 Å². The first kappa shape index (κ1) is 14.7. The molecule has 0 radical (unpaired) electrons. The highest BCUT2D eigenvalue weighted by Gasteiger charge is 2.22. The van der Waals surface area contributed by atoms with Crippen molar-refractivity contribution in [2.45, 2.75) is 39.3 Å². The molecule has 0 bridgehead atoms. The van der Waals surface area contributed by atoms with Crippen LogP contribution >= 0.6 is 27.3 Å². The lowest BCUT2D eigenvalue weighted by molar-refractivity contribution is -0.137. The summed E-state index contributed by atoms with van der Waals surface area (Å²) in [5, 5.41) is 10.8. The van der Waals surface area contributed by atoms with Gasteiger partial charge >= 0.3 is 5.97 Å². The average Bonchev–Trinajstić information content (AvgIpc) is 2.56. The molecule has 0 unspecified atom stereocenters. The van der Waals surface area contributed by atoms with Gasteiger partial charge in [-0.1, -0.05) is 0 Å². The third-order valence-corrected chi connectivity index (χ3v) is 4.20. The Morgan fingerprint density at radius 2 is 2.18 bits per heavy atom. The summed E-state index contributed by atoms with van der Waals surface area (Å²) in [7, 11) is 0. The second-order valence-corrected chi connectivity index (χ2v) is 6.88. The number of carboxylic acids is 1. The van der Waals surface area contributed by atoms with Gasteiger partial charge in [-0.15, -0.1) is 11.3 Å². The van der Waals surface area contributed by atoms with Gasteiger partial charge in [0.05, 0.1) is 6.42 Å². The van der Waals surface area contributed by atoms with Gasteiger partial charge in [0.25, 0.3) is 0 Å². The summed E-state index contributed by atoms with van der Waals surface area (Å²) in [4.78, 5) is 14.1. The highest BCUT2D eigenvalue weighted by molar-refractivity contribution is 9.10. The Morgan fingerprint density at radius 1 is 1.53 bits per heavy atom. The number of carbonyl (C=O) groups is 1. The zero-order valence-corrected chi connectivity index (χ0v) is 12.8. The molecule has 3 nitrogen and oxygen atoms in total. The molecule has 0 fully saturated rings. The lowest BCUT2D eigenvalue weighted by Crippen LogP contribution is -2.41. The summed E-state index contributed by atoms with van der Waals surface area (Å²) in [5.41, 5.74) is -0.0219. The van der Waals surface area contributed by atoms with E-state index in [-0.39, 0.29) is 12.0 Å². The molecule has 0 aliphatic rings. The van der Waals surface area contributed by atoms with Crippen molar-refractivity contribution in [3.8, 4) is 0 Å². The highest BCUT2D eigenvalue weighted by atomic mass is 79.9. The topological polar surface area (TPSA) is 40.5 Å². The van der Waals surface area contributed by atoms with E-state index in [1.165, 1.54) is 4.88 Å². The molecule has 1 rings (SSSR count). The Hall–Kier alpha value is -0.390. The quantitative estimate of drug-likeness (QED) is 0.901. The monoisotopic (exact) mass is 319 g/mol. The molecule has 0 atom stereocenters. The van der Waals surface area contributed by atoms with E-state index >= 15 is 0 Å². The molecular formula is C12H18BrNO2S. The molecule has 0 saturated carbocycles. The molecule has 1 aromatic rings. The van der Waals surface area contributed by atoms with Gasteiger partial charge in [-0.2, -0.15) is 0 Å². The first-order chi connectivity index (χ1) is 7.79. The molecule has 1 heterocycles. The van der Waals surface area contributed by atoms with E-state index in [0.29, 0.717) is 6.54 Å². The lowest BCUT2D eigenvalue weighted by Gasteiger charge is -2.35. The van der Waals surface area contributed by atoms with Crippen molar-refractivity contribution < 1.29 is 9.90 Å². The Kier molecular flexibility index (Phi) is 5.16. The molecule has 5 heteroatoms. The van der Waals surface area contributed by atoms with E-state index in [1.54, 1.807) is 11.3 Å². The van der Waals surface area contributed by atoms with Gasteiger partial charge in [0.1, 0.15) is 0 Å². The van der Waals surface area contributed by atoms with Crippen LogP contribution in [0.3, 0.4) is 0 Å². The number of rotatable bonds is 5. The van der Waals surface area contributed by atoms with Crippen molar-refractivity contribution in [3.05, 3.63) is 20.8 Å². The van der Waals surface area contributed by atoms with E-state index < -0.39 is 5.97 Å². The summed E-state index contributed by atoms with van der Waals surface area (Å²) in [6.45, 7) is 7.70. The van der Waals surface area contributed by atoms with Crippen LogP contribution in [-0.2, 0) is 11.3 Å². The number of carboxylic acid groups (broad SMARTS) is 1. The fourth-order valence-corrected chi connectivity index (χ4v) is 2.97. The number of hydrogen-bond acceptors (Lipinski definition) is 3. The Labute approximate surface area is 115 Å². The van der Waals surface area contributed by atoms with Crippen molar-refractivity contribution in [2.24, 2.45) is 0 Å². The molecule has 1 aromatic heterocycles. The molecular weight excluding hydrogens is 302 g/mol. The fourth-order valence-electron chi connectivity index (χ4n) is 1.51. The minimum atomic E-state index is -0.744. The smallest absolute Gasteiger partial charge is 0.304 e. The highest BCUT2D eigenvalue weighted by Crippen LogP contribution is 2.24. The summed E-state index contributed by atoms with van der Waals surface area (Å²) >= 11 is 5.12. The number of nitrogens with zero attached hydrogens (tertiary/aromatic N) is 1. The van der Waals surface area contributed by atoms with Gasteiger partial charge in [-0.05, 0) is 42.8 Å². The summed E-state index contributed by atoms with van der Waals surface area (Å²) in [5.74, 6) is -0.744. The van der Waals surface area contributed by atoms with Gasteiger partial charge in [0, 0.05) is 33.4 Å². The standard InChI is InChI=1S/C12H18BrNO2S/c1-12(2,3)14(5-4-11(15)16)7-10-6-9(13)8-17-10/h6,8H,4-5,7H2,1-3H3,(H,15,16). The average molecular weight is 320 g/mol. The Bertz CT molecular complexity index is 384. The molecule has 0 aliphatic heterocycles. The van der Waals surface area contributed by atoms with Crippen LogP contribution in [0.1, 0.15) is 32.1 Å². The summed E-state index contributed by atoms with van der Waals surface area (Å²) < 4.78 is 1.09. The lowest BCUT2D eigenvalue weighted by atomic mass is 10.1. The molecule has 96 valence electrons. The largest absolute Gasteiger partial charge is 0.481 e. The van der Waals surface area contributed by atoms with Crippen molar-refractivity contribution in [3.63, 3.8) is 0 Å². The predicted molar refractivity (Wildman–Crippen MR) is 74.4 cm³/mol. The summed E-state index contributed by atoms with van der Waals surface area (Å²) in [6, 6.07) is 2.09. The first-order valence-corrected chi connectivity index (χ1v) is 7.16. The Morgan fingerprint density at radius 3 is 2.59 bits per heavy atom. The van der Waals surface area contributed by atoms with E-state index in [0.717, 1.165) is 11.0 Å². The normalized spacial score (nSPS) is 12.1. The third kappa shape index (κ3) is 5.19. The maximum Gasteiger partial charge on any atom is 0.304 e. The fraction of sp³-hybridized carbons (Fsp3) is 0.583. The maximum absolute atomic E-state index is 10.7. The van der Waals surface area contributed by atoms with Gasteiger partial charge in [0.2, 0.25) is 0 Å². The molecule has 17 heavy (non-hydrogen) atoms. The molecule has 0 saturated heterocycles. The zero-order chi connectivity index (χ0) is 13.1. The van der Waals surface area contributed by atoms with E-state index in [9.17, 15) is 4.79 Å². The number of aliphatic carboxylic acids is 1. The number of thiophene rings is 1. The Balaban J connectivity index is 2.67. The second-order valence-electron chi connectivity index (χ2n) is 4.97. The zero-order valence-electron chi connectivity index (χ0n) is 10.4. The minimum Gasteiger partial charge on any atom is -0.481 e. The van der Waals surface area contributed by atoms with E-state index in [4.69, 9.17) is 5.11 Å². The number of hydrogen-bond donors (Lipinski definition) is 1. The van der Waals surface area contributed by atoms with Crippen LogP contribution < -0.4 is 0 Å². The van der Waals surface area contributed by atoms with E-state index in [1.807, 2.05) is 5.38 Å². The second kappa shape index (κ2) is 5.98. The van der Waals surface area contributed by atoms with Crippen LogP contribution in [0.5, 0.6) is 0 Å². The van der Waals surface area contributed by atoms with Crippen molar-refractivity contribution in [1.29, 1.82) is 0 Å². The summed E-state index contributed by atoms with van der Waals surface area (Å²) in [6.07, 6.45) is 0.184. The van der Waals surface area contributed by atoms with Crippen LogP contribution in [0.15, 0.2) is 15.9 Å². The molecule has 0 aliphatic carbocycles. The molecule has 0 amide bonds. The SMILES string of the molecule is CC(C)(C)N(CCC(=O)O)Cc1cc(Br)cs1.